The summed E-state index contributed by atoms with van der Waals surface area (Å²) >= 11 is 0. The fraction of sp³-hybridized carbons (Fsp3) is 0.556. The van der Waals surface area contributed by atoms with Crippen LogP contribution in [0.15, 0.2) is 84.9 Å². The van der Waals surface area contributed by atoms with Crippen LogP contribution >= 0.6 is 15.8 Å². The summed E-state index contributed by atoms with van der Waals surface area (Å²) in [6.07, 6.45) is 14.7. The van der Waals surface area contributed by atoms with Gasteiger partial charge in [0.15, 0.2) is 0 Å². The largest absolute Gasteiger partial charge is 0.0683 e. The van der Waals surface area contributed by atoms with E-state index in [0.717, 1.165) is 11.3 Å². The van der Waals surface area contributed by atoms with E-state index in [1.807, 2.05) is 0 Å². The molecular formula is C54H78P2. The molecule has 2 aliphatic carbocycles. The molecular weight excluding hydrogens is 711 g/mol. The number of benzene rings is 4. The summed E-state index contributed by atoms with van der Waals surface area (Å²) in [6.45, 7) is 30.9. The standard InChI is InChI=1S/C29H45P.C25H33P/c1-19(2)22-17-24(20(3)4)27(25(18-22)21(5)6)23-15-13-14-16-26(23)30(28(7,8)9)29(10,11)12;1-20-12-8-9-17-23(20)24-18-10-11-19-25(24)26(21-13-4-2-5-14-21)22-15-6-3-7-16-22/h13-21H,1-12H3;8-12,17-19,21-22H,2-7,13-16H2,1H3. The minimum atomic E-state index is -0.366. The maximum Gasteiger partial charge on any atom is -0.0101 e. The monoisotopic (exact) mass is 789 g/mol. The van der Waals surface area contributed by atoms with E-state index in [0.29, 0.717) is 17.8 Å². The van der Waals surface area contributed by atoms with Gasteiger partial charge in [-0.2, -0.15) is 0 Å². The van der Waals surface area contributed by atoms with Crippen LogP contribution in [0.3, 0.4) is 0 Å². The van der Waals surface area contributed by atoms with Crippen molar-refractivity contribution in [3.63, 3.8) is 0 Å². The highest BCUT2D eigenvalue weighted by Gasteiger charge is 2.38. The highest BCUT2D eigenvalue weighted by atomic mass is 31.1. The van der Waals surface area contributed by atoms with Gasteiger partial charge in [-0.1, -0.05) is 222 Å². The van der Waals surface area contributed by atoms with Crippen molar-refractivity contribution in [2.45, 2.75) is 194 Å². The zero-order valence-corrected chi connectivity index (χ0v) is 39.7. The molecule has 304 valence electrons. The summed E-state index contributed by atoms with van der Waals surface area (Å²) < 4.78 is 0. The van der Waals surface area contributed by atoms with Gasteiger partial charge in [-0.25, -0.2) is 0 Å². The molecule has 0 spiro atoms. The molecule has 56 heavy (non-hydrogen) atoms. The van der Waals surface area contributed by atoms with E-state index >= 15 is 0 Å². The fourth-order valence-corrected chi connectivity index (χ4v) is 18.2. The third-order valence-corrected chi connectivity index (χ3v) is 19.5. The van der Waals surface area contributed by atoms with Crippen molar-refractivity contribution in [3.8, 4) is 22.3 Å². The van der Waals surface area contributed by atoms with Gasteiger partial charge in [0, 0.05) is 0 Å². The van der Waals surface area contributed by atoms with Crippen LogP contribution in [-0.4, -0.2) is 21.6 Å². The third kappa shape index (κ3) is 10.9. The first kappa shape index (κ1) is 44.8. The summed E-state index contributed by atoms with van der Waals surface area (Å²) in [7, 11) is -0.415. The van der Waals surface area contributed by atoms with Crippen molar-refractivity contribution in [1.29, 1.82) is 0 Å². The first-order valence-corrected chi connectivity index (χ1v) is 25.3. The maximum absolute atomic E-state index is 2.50. The Morgan fingerprint density at radius 2 is 0.893 bits per heavy atom. The van der Waals surface area contributed by atoms with Gasteiger partial charge in [0.25, 0.3) is 0 Å². The molecule has 0 bridgehead atoms. The SMILES string of the molecule is CC(C)c1cc(C(C)C)c(-c2ccccc2P(C(C)(C)C)C(C)(C)C)c(C(C)C)c1.Cc1ccccc1-c1ccccc1P(C1CCCCC1)C1CCCCC1. The van der Waals surface area contributed by atoms with Crippen LogP contribution in [0.1, 0.15) is 187 Å². The van der Waals surface area contributed by atoms with E-state index in [4.69, 9.17) is 0 Å². The zero-order valence-electron chi connectivity index (χ0n) is 37.9. The van der Waals surface area contributed by atoms with Crippen LogP contribution in [0.2, 0.25) is 0 Å². The van der Waals surface area contributed by atoms with E-state index in [1.54, 1.807) is 10.6 Å². The molecule has 0 nitrogen and oxygen atoms in total. The lowest BCUT2D eigenvalue weighted by molar-refractivity contribution is 0.487. The molecule has 0 amide bonds. The number of hydrogen-bond donors (Lipinski definition) is 0. The Hall–Kier alpha value is -2.26. The van der Waals surface area contributed by atoms with E-state index < -0.39 is 0 Å². The van der Waals surface area contributed by atoms with Gasteiger partial charge in [0.1, 0.15) is 0 Å². The van der Waals surface area contributed by atoms with Gasteiger partial charge in [0.05, 0.1) is 0 Å². The predicted octanol–water partition coefficient (Wildman–Crippen LogP) is 16.9. The first-order chi connectivity index (χ1) is 26.5. The van der Waals surface area contributed by atoms with Crippen molar-refractivity contribution < 1.29 is 0 Å². The Balaban J connectivity index is 0.000000216. The molecule has 0 unspecified atom stereocenters. The van der Waals surface area contributed by atoms with Crippen molar-refractivity contribution in [2.75, 3.05) is 0 Å². The molecule has 0 saturated heterocycles. The van der Waals surface area contributed by atoms with Crippen LogP contribution < -0.4 is 10.6 Å². The summed E-state index contributed by atoms with van der Waals surface area (Å²) in [5.74, 6) is 1.55. The molecule has 6 rings (SSSR count). The molecule has 2 heteroatoms. The molecule has 0 radical (unpaired) electrons. The Kier molecular flexibility index (Phi) is 15.7. The molecule has 4 aromatic rings. The molecule has 2 saturated carbocycles. The second-order valence-electron chi connectivity index (χ2n) is 20.1. The molecule has 2 fully saturated rings. The van der Waals surface area contributed by atoms with Crippen molar-refractivity contribution in [1.82, 2.24) is 0 Å². The van der Waals surface area contributed by atoms with Gasteiger partial charge in [-0.3, -0.25) is 0 Å². The number of rotatable bonds is 9. The number of hydrogen-bond acceptors (Lipinski definition) is 0. The second-order valence-corrected chi connectivity index (χ2v) is 26.6. The van der Waals surface area contributed by atoms with Gasteiger partial charge in [-0.05, 0) is 127 Å². The Bertz CT molecular complexity index is 1770. The molecule has 0 atom stereocenters. The quantitative estimate of drug-likeness (QED) is 0.148. The van der Waals surface area contributed by atoms with Crippen LogP contribution in [0, 0.1) is 6.92 Å². The average molecular weight is 789 g/mol. The van der Waals surface area contributed by atoms with E-state index in [2.05, 4.69) is 175 Å². The van der Waals surface area contributed by atoms with E-state index in [1.165, 1.54) is 109 Å². The van der Waals surface area contributed by atoms with Crippen molar-refractivity contribution in [2.24, 2.45) is 0 Å². The highest BCUT2D eigenvalue weighted by Crippen LogP contribution is 2.60. The Morgan fingerprint density at radius 3 is 1.32 bits per heavy atom. The smallest absolute Gasteiger partial charge is 0.0101 e. The minimum Gasteiger partial charge on any atom is -0.0683 e. The average Bonchev–Trinajstić information content (AvgIpc) is 3.15. The van der Waals surface area contributed by atoms with Crippen LogP contribution in [0.5, 0.6) is 0 Å². The predicted molar refractivity (Wildman–Crippen MR) is 257 cm³/mol. The van der Waals surface area contributed by atoms with Gasteiger partial charge in [0.2, 0.25) is 0 Å². The molecule has 4 aromatic carbocycles. The van der Waals surface area contributed by atoms with Crippen LogP contribution in [0.25, 0.3) is 22.3 Å². The molecule has 0 N–H and O–H groups in total. The van der Waals surface area contributed by atoms with E-state index in [-0.39, 0.29) is 26.2 Å². The van der Waals surface area contributed by atoms with Crippen LogP contribution in [0.4, 0.5) is 0 Å². The summed E-state index contributed by atoms with van der Waals surface area (Å²) in [5.41, 5.74) is 13.8. The second kappa shape index (κ2) is 19.7. The van der Waals surface area contributed by atoms with Gasteiger partial charge >= 0.3 is 0 Å². The molecule has 0 heterocycles. The molecule has 0 aromatic heterocycles. The van der Waals surface area contributed by atoms with Crippen molar-refractivity contribution >= 4 is 26.5 Å². The van der Waals surface area contributed by atoms with Crippen LogP contribution in [-0.2, 0) is 0 Å². The zero-order chi connectivity index (χ0) is 40.8. The normalized spacial score (nSPS) is 16.2. The molecule has 0 aliphatic heterocycles. The Morgan fingerprint density at radius 1 is 0.482 bits per heavy atom. The van der Waals surface area contributed by atoms with E-state index in [9.17, 15) is 0 Å². The lowest BCUT2D eigenvalue weighted by Crippen LogP contribution is -2.32. The summed E-state index contributed by atoms with van der Waals surface area (Å²) in [5, 5.41) is 3.78. The summed E-state index contributed by atoms with van der Waals surface area (Å²) in [4.78, 5) is 0. The van der Waals surface area contributed by atoms with Gasteiger partial charge < -0.3 is 0 Å². The first-order valence-electron chi connectivity index (χ1n) is 22.5. The lowest BCUT2D eigenvalue weighted by Gasteiger charge is -2.43. The lowest BCUT2D eigenvalue weighted by atomic mass is 9.82. The summed E-state index contributed by atoms with van der Waals surface area (Å²) in [6, 6.07) is 32.7. The van der Waals surface area contributed by atoms with Crippen molar-refractivity contribution in [3.05, 3.63) is 107 Å². The Labute approximate surface area is 348 Å². The topological polar surface area (TPSA) is 0 Å². The molecule has 2 aliphatic rings. The maximum atomic E-state index is 2.50. The number of aryl methyl sites for hydroxylation is 1. The fourth-order valence-electron chi connectivity index (χ4n) is 10.1. The third-order valence-electron chi connectivity index (χ3n) is 12.4. The highest BCUT2D eigenvalue weighted by molar-refractivity contribution is 7.69. The minimum absolute atomic E-state index is 0.0489. The van der Waals surface area contributed by atoms with Gasteiger partial charge in [-0.15, -0.1) is 0 Å².